The molecular weight excluding hydrogens is 247 g/mol. The summed E-state index contributed by atoms with van der Waals surface area (Å²) < 4.78 is 5.34. The second-order valence-electron chi connectivity index (χ2n) is 3.26. The molecule has 0 aliphatic rings. The molecule has 1 aromatic carbocycles. The molecule has 0 aliphatic heterocycles. The minimum absolute atomic E-state index is 0.557. The molecule has 0 saturated carbocycles. The van der Waals surface area contributed by atoms with E-state index in [9.17, 15) is 0 Å². The molecule has 84 valence electrons. The number of nitrogens with zero attached hydrogens (tertiary/aromatic N) is 1. The number of rotatable bonds is 3. The van der Waals surface area contributed by atoms with Gasteiger partial charge < -0.3 is 9.73 Å². The van der Waals surface area contributed by atoms with Crippen LogP contribution in [0.5, 0.6) is 0 Å². The Morgan fingerprint density at radius 3 is 2.62 bits per heavy atom. The Balaban J connectivity index is 2.54. The van der Waals surface area contributed by atoms with Gasteiger partial charge in [0.05, 0.1) is 15.6 Å². The molecule has 1 aromatic heterocycles. The first-order chi connectivity index (χ1) is 7.74. The smallest absolute Gasteiger partial charge is 0.181 e. The molecule has 0 radical (unpaired) electrons. The highest BCUT2D eigenvalue weighted by Gasteiger charge is 2.16. The van der Waals surface area contributed by atoms with Gasteiger partial charge in [-0.15, -0.1) is 0 Å². The van der Waals surface area contributed by atoms with Crippen molar-refractivity contribution in [3.05, 3.63) is 40.3 Å². The van der Waals surface area contributed by atoms with Gasteiger partial charge in [0.15, 0.2) is 12.2 Å². The van der Waals surface area contributed by atoms with Gasteiger partial charge in [-0.3, -0.25) is 0 Å². The van der Waals surface area contributed by atoms with Crippen molar-refractivity contribution in [2.24, 2.45) is 0 Å². The van der Waals surface area contributed by atoms with E-state index in [2.05, 4.69) is 10.3 Å². The summed E-state index contributed by atoms with van der Waals surface area (Å²) in [6, 6.07) is 5.34. The third-order valence-electron chi connectivity index (χ3n) is 2.18. The SMILES string of the molecule is CNCc1ncoc1-c1c(Cl)cccc1Cl. The maximum Gasteiger partial charge on any atom is 0.181 e. The maximum atomic E-state index is 6.10. The van der Waals surface area contributed by atoms with E-state index < -0.39 is 0 Å². The summed E-state index contributed by atoms with van der Waals surface area (Å²) in [4.78, 5) is 4.12. The summed E-state index contributed by atoms with van der Waals surface area (Å²) in [6.45, 7) is 0.605. The summed E-state index contributed by atoms with van der Waals surface area (Å²) in [5, 5.41) is 4.12. The van der Waals surface area contributed by atoms with Gasteiger partial charge in [0.25, 0.3) is 0 Å². The van der Waals surface area contributed by atoms with E-state index in [0.29, 0.717) is 27.9 Å². The van der Waals surface area contributed by atoms with E-state index in [4.69, 9.17) is 27.6 Å². The second kappa shape index (κ2) is 4.87. The van der Waals surface area contributed by atoms with Crippen LogP contribution in [0.25, 0.3) is 11.3 Å². The fourth-order valence-corrected chi connectivity index (χ4v) is 2.05. The van der Waals surface area contributed by atoms with Gasteiger partial charge in [-0.05, 0) is 19.2 Å². The van der Waals surface area contributed by atoms with E-state index in [1.807, 2.05) is 7.05 Å². The molecule has 0 fully saturated rings. The van der Waals surface area contributed by atoms with Crippen molar-refractivity contribution < 1.29 is 4.42 Å². The van der Waals surface area contributed by atoms with Crippen LogP contribution < -0.4 is 5.32 Å². The Hall–Kier alpha value is -1.03. The largest absolute Gasteiger partial charge is 0.443 e. The molecule has 1 N–H and O–H groups in total. The van der Waals surface area contributed by atoms with E-state index >= 15 is 0 Å². The fourth-order valence-electron chi connectivity index (χ4n) is 1.48. The predicted molar refractivity (Wildman–Crippen MR) is 64.7 cm³/mol. The van der Waals surface area contributed by atoms with Crippen LogP contribution in [0.3, 0.4) is 0 Å². The van der Waals surface area contributed by atoms with Gasteiger partial charge in [0, 0.05) is 6.54 Å². The Labute approximate surface area is 103 Å². The normalized spacial score (nSPS) is 10.7. The Morgan fingerprint density at radius 2 is 2.00 bits per heavy atom. The first kappa shape index (κ1) is 11.5. The third-order valence-corrected chi connectivity index (χ3v) is 2.81. The number of halogens is 2. The van der Waals surface area contributed by atoms with Gasteiger partial charge in [0.2, 0.25) is 0 Å². The molecule has 0 aliphatic carbocycles. The van der Waals surface area contributed by atoms with Crippen molar-refractivity contribution in [1.82, 2.24) is 10.3 Å². The minimum atomic E-state index is 0.557. The Morgan fingerprint density at radius 1 is 1.31 bits per heavy atom. The molecular formula is C11H10Cl2N2O. The monoisotopic (exact) mass is 256 g/mol. The average Bonchev–Trinajstić information content (AvgIpc) is 2.67. The average molecular weight is 257 g/mol. The lowest BCUT2D eigenvalue weighted by atomic mass is 10.1. The molecule has 0 atom stereocenters. The molecule has 2 aromatic rings. The highest BCUT2D eigenvalue weighted by molar-refractivity contribution is 6.39. The zero-order valence-corrected chi connectivity index (χ0v) is 10.1. The van der Waals surface area contributed by atoms with Crippen molar-refractivity contribution in [1.29, 1.82) is 0 Å². The number of nitrogens with one attached hydrogen (secondary N) is 1. The minimum Gasteiger partial charge on any atom is -0.443 e. The van der Waals surface area contributed by atoms with Gasteiger partial charge in [-0.2, -0.15) is 0 Å². The lowest BCUT2D eigenvalue weighted by molar-refractivity contribution is 0.570. The molecule has 0 spiro atoms. The van der Waals surface area contributed by atoms with Crippen LogP contribution in [0.15, 0.2) is 29.0 Å². The third kappa shape index (κ3) is 2.07. The van der Waals surface area contributed by atoms with Crippen LogP contribution in [0.4, 0.5) is 0 Å². The van der Waals surface area contributed by atoms with Crippen LogP contribution in [0.1, 0.15) is 5.69 Å². The molecule has 0 bridgehead atoms. The second-order valence-corrected chi connectivity index (χ2v) is 4.07. The van der Waals surface area contributed by atoms with Crippen molar-refractivity contribution in [2.45, 2.75) is 6.54 Å². The first-order valence-electron chi connectivity index (χ1n) is 4.75. The number of hydrogen-bond acceptors (Lipinski definition) is 3. The Kier molecular flexibility index (Phi) is 3.49. The highest BCUT2D eigenvalue weighted by atomic mass is 35.5. The molecule has 0 unspecified atom stereocenters. The van der Waals surface area contributed by atoms with Crippen LogP contribution >= 0.6 is 23.2 Å². The van der Waals surface area contributed by atoms with Crippen LogP contribution in [-0.4, -0.2) is 12.0 Å². The standard InChI is InChI=1S/C11H10Cl2N2O/c1-14-5-9-11(16-6-15-9)10-7(12)3-2-4-8(10)13/h2-4,6,14H,5H2,1H3. The summed E-state index contributed by atoms with van der Waals surface area (Å²) in [5.41, 5.74) is 1.48. The highest BCUT2D eigenvalue weighted by Crippen LogP contribution is 2.36. The van der Waals surface area contributed by atoms with E-state index in [1.165, 1.54) is 6.39 Å². The summed E-state index contributed by atoms with van der Waals surface area (Å²) in [6.07, 6.45) is 1.39. The number of benzene rings is 1. The van der Waals surface area contributed by atoms with Crippen LogP contribution in [0, 0.1) is 0 Å². The molecule has 0 saturated heterocycles. The molecule has 0 amide bonds. The summed E-state index contributed by atoms with van der Waals surface area (Å²) in [7, 11) is 1.84. The quantitative estimate of drug-likeness (QED) is 0.916. The number of aromatic nitrogens is 1. The first-order valence-corrected chi connectivity index (χ1v) is 5.51. The van der Waals surface area contributed by atoms with Crippen LogP contribution in [-0.2, 0) is 6.54 Å². The van der Waals surface area contributed by atoms with E-state index in [0.717, 1.165) is 5.69 Å². The van der Waals surface area contributed by atoms with Gasteiger partial charge in [0.1, 0.15) is 5.69 Å². The number of hydrogen-bond donors (Lipinski definition) is 1. The molecule has 5 heteroatoms. The lowest BCUT2D eigenvalue weighted by Crippen LogP contribution is -2.06. The lowest BCUT2D eigenvalue weighted by Gasteiger charge is -2.05. The molecule has 3 nitrogen and oxygen atoms in total. The summed E-state index contributed by atoms with van der Waals surface area (Å²) >= 11 is 12.2. The molecule has 16 heavy (non-hydrogen) atoms. The zero-order valence-electron chi connectivity index (χ0n) is 8.63. The van der Waals surface area contributed by atoms with Crippen molar-refractivity contribution in [3.63, 3.8) is 0 Å². The van der Waals surface area contributed by atoms with Crippen molar-refractivity contribution in [2.75, 3.05) is 7.05 Å². The van der Waals surface area contributed by atoms with E-state index in [1.54, 1.807) is 18.2 Å². The Bertz CT molecular complexity index is 476. The predicted octanol–water partition coefficient (Wildman–Crippen LogP) is 3.37. The van der Waals surface area contributed by atoms with Crippen molar-refractivity contribution in [3.8, 4) is 11.3 Å². The molecule has 1 heterocycles. The molecule has 2 rings (SSSR count). The maximum absolute atomic E-state index is 6.10. The zero-order chi connectivity index (χ0) is 11.5. The van der Waals surface area contributed by atoms with Crippen molar-refractivity contribution >= 4 is 23.2 Å². The van der Waals surface area contributed by atoms with E-state index in [-0.39, 0.29) is 0 Å². The fraction of sp³-hybridized carbons (Fsp3) is 0.182. The van der Waals surface area contributed by atoms with Crippen LogP contribution in [0.2, 0.25) is 10.0 Å². The van der Waals surface area contributed by atoms with Gasteiger partial charge in [-0.25, -0.2) is 4.98 Å². The van der Waals surface area contributed by atoms with Gasteiger partial charge in [-0.1, -0.05) is 29.3 Å². The van der Waals surface area contributed by atoms with Gasteiger partial charge >= 0.3 is 0 Å². The summed E-state index contributed by atoms with van der Waals surface area (Å²) in [5.74, 6) is 0.616. The topological polar surface area (TPSA) is 38.1 Å². The number of oxazole rings is 1.